The largest absolute Gasteiger partial charge is 0.349 e. The van der Waals surface area contributed by atoms with Crippen LogP contribution in [0.2, 0.25) is 0 Å². The number of fused-ring (bicyclic) bond motifs is 1. The van der Waals surface area contributed by atoms with Gasteiger partial charge < -0.3 is 4.98 Å². The van der Waals surface area contributed by atoms with E-state index in [9.17, 15) is 9.18 Å². The summed E-state index contributed by atoms with van der Waals surface area (Å²) >= 11 is 0. The Morgan fingerprint density at radius 2 is 2.21 bits per heavy atom. The lowest BCUT2D eigenvalue weighted by Gasteiger charge is -2.06. The lowest BCUT2D eigenvalue weighted by atomic mass is 10.4. The predicted molar refractivity (Wildman–Crippen MR) is 48.5 cm³/mol. The minimum Gasteiger partial charge on any atom is -0.311 e. The number of rotatable bonds is 1. The van der Waals surface area contributed by atoms with Crippen molar-refractivity contribution in [2.45, 2.75) is 19.9 Å². The lowest BCUT2D eigenvalue weighted by molar-refractivity contribution is 0.555. The van der Waals surface area contributed by atoms with Gasteiger partial charge in [0.25, 0.3) is 6.08 Å². The zero-order valence-electron chi connectivity index (χ0n) is 7.78. The number of H-pyrrole nitrogens is 1. The molecule has 0 atom stereocenters. The fourth-order valence-electron chi connectivity index (χ4n) is 1.24. The van der Waals surface area contributed by atoms with Gasteiger partial charge in [0.1, 0.15) is 5.52 Å². The van der Waals surface area contributed by atoms with Gasteiger partial charge >= 0.3 is 5.69 Å². The zero-order valence-corrected chi connectivity index (χ0v) is 7.78. The molecule has 0 aliphatic rings. The Morgan fingerprint density at radius 1 is 1.50 bits per heavy atom. The average Bonchev–Trinajstić information content (AvgIpc) is 2.42. The number of aromatic amines is 1. The highest BCUT2D eigenvalue weighted by Gasteiger charge is 2.08. The molecule has 1 N–H and O–H groups in total. The SMILES string of the molecule is CC(C)n1cc2[nH]c(F)nc2nc1=O. The van der Waals surface area contributed by atoms with E-state index in [1.807, 2.05) is 13.8 Å². The second-order valence-corrected chi connectivity index (χ2v) is 3.29. The molecule has 2 aromatic rings. The molecular formula is C8H9FN4O. The van der Waals surface area contributed by atoms with Gasteiger partial charge in [-0.1, -0.05) is 0 Å². The van der Waals surface area contributed by atoms with Gasteiger partial charge in [0.2, 0.25) is 0 Å². The Balaban J connectivity index is 2.76. The average molecular weight is 196 g/mol. The summed E-state index contributed by atoms with van der Waals surface area (Å²) in [6, 6.07) is -0.00855. The minimum absolute atomic E-state index is 0.00855. The van der Waals surface area contributed by atoms with Gasteiger partial charge in [0, 0.05) is 12.2 Å². The standard InChI is InChI=1S/C8H9FN4O/c1-4(2)13-3-5-6(12-8(13)14)11-7(9)10-5/h3-4H,1-2H3,(H,10,11,12,14). The Kier molecular flexibility index (Phi) is 1.83. The van der Waals surface area contributed by atoms with Crippen LogP contribution in [0, 0.1) is 6.08 Å². The van der Waals surface area contributed by atoms with Gasteiger partial charge in [0.05, 0.1) is 0 Å². The third kappa shape index (κ3) is 1.28. The van der Waals surface area contributed by atoms with Gasteiger partial charge in [-0.25, -0.2) is 4.79 Å². The van der Waals surface area contributed by atoms with E-state index in [2.05, 4.69) is 15.0 Å². The molecule has 0 spiro atoms. The van der Waals surface area contributed by atoms with Crippen molar-refractivity contribution in [3.63, 3.8) is 0 Å². The first-order chi connectivity index (χ1) is 6.58. The Labute approximate surface area is 78.6 Å². The summed E-state index contributed by atoms with van der Waals surface area (Å²) < 4.78 is 14.1. The number of aromatic nitrogens is 4. The summed E-state index contributed by atoms with van der Waals surface area (Å²) in [4.78, 5) is 20.8. The molecule has 0 aliphatic heterocycles. The Hall–Kier alpha value is -1.72. The molecule has 0 saturated heterocycles. The molecule has 0 radical (unpaired) electrons. The van der Waals surface area contributed by atoms with Crippen molar-refractivity contribution in [2.24, 2.45) is 0 Å². The van der Waals surface area contributed by atoms with Crippen molar-refractivity contribution in [3.8, 4) is 0 Å². The Morgan fingerprint density at radius 3 is 2.86 bits per heavy atom. The van der Waals surface area contributed by atoms with Crippen molar-refractivity contribution in [1.82, 2.24) is 19.5 Å². The third-order valence-corrected chi connectivity index (χ3v) is 1.93. The second kappa shape index (κ2) is 2.90. The third-order valence-electron chi connectivity index (χ3n) is 1.93. The maximum Gasteiger partial charge on any atom is 0.349 e. The maximum atomic E-state index is 12.7. The molecule has 0 saturated carbocycles. The van der Waals surface area contributed by atoms with Crippen LogP contribution in [0.3, 0.4) is 0 Å². The van der Waals surface area contributed by atoms with Crippen molar-refractivity contribution < 1.29 is 4.39 Å². The predicted octanol–water partition coefficient (Wildman–Crippen LogP) is 0.840. The van der Waals surface area contributed by atoms with Crippen LogP contribution < -0.4 is 5.69 Å². The van der Waals surface area contributed by atoms with E-state index in [1.165, 1.54) is 10.8 Å². The highest BCUT2D eigenvalue weighted by atomic mass is 19.1. The molecule has 0 aromatic carbocycles. The highest BCUT2D eigenvalue weighted by molar-refractivity contribution is 5.67. The van der Waals surface area contributed by atoms with Crippen molar-refractivity contribution >= 4 is 11.2 Å². The maximum absolute atomic E-state index is 12.7. The molecule has 5 nitrogen and oxygen atoms in total. The first-order valence-corrected chi connectivity index (χ1v) is 4.22. The van der Waals surface area contributed by atoms with Crippen molar-refractivity contribution in [3.05, 3.63) is 22.8 Å². The minimum atomic E-state index is -0.728. The smallest absolute Gasteiger partial charge is 0.311 e. The number of halogens is 1. The number of nitrogens with zero attached hydrogens (tertiary/aromatic N) is 3. The van der Waals surface area contributed by atoms with Crippen molar-refractivity contribution in [2.75, 3.05) is 0 Å². The second-order valence-electron chi connectivity index (χ2n) is 3.29. The molecule has 0 fully saturated rings. The molecule has 2 aromatic heterocycles. The summed E-state index contributed by atoms with van der Waals surface area (Å²) in [7, 11) is 0. The van der Waals surface area contributed by atoms with Crippen LogP contribution >= 0.6 is 0 Å². The molecule has 0 amide bonds. The monoisotopic (exact) mass is 196 g/mol. The van der Waals surface area contributed by atoms with Gasteiger partial charge in [-0.3, -0.25) is 4.57 Å². The van der Waals surface area contributed by atoms with E-state index < -0.39 is 11.8 Å². The Bertz CT molecular complexity index is 528. The zero-order chi connectivity index (χ0) is 10.3. The summed E-state index contributed by atoms with van der Waals surface area (Å²) in [6.45, 7) is 3.70. The molecule has 2 rings (SSSR count). The quantitative estimate of drug-likeness (QED) is 0.687. The van der Waals surface area contributed by atoms with E-state index in [4.69, 9.17) is 0 Å². The highest BCUT2D eigenvalue weighted by Crippen LogP contribution is 2.07. The number of imidazole rings is 1. The van der Waals surface area contributed by atoms with Gasteiger partial charge in [-0.05, 0) is 13.8 Å². The van der Waals surface area contributed by atoms with E-state index in [1.54, 1.807) is 0 Å². The van der Waals surface area contributed by atoms with Crippen LogP contribution in [0.15, 0.2) is 11.0 Å². The number of nitrogens with one attached hydrogen (secondary N) is 1. The fourth-order valence-corrected chi connectivity index (χ4v) is 1.24. The summed E-state index contributed by atoms with van der Waals surface area (Å²) in [5.41, 5.74) is 0.124. The van der Waals surface area contributed by atoms with Crippen molar-refractivity contribution in [1.29, 1.82) is 0 Å². The summed E-state index contributed by atoms with van der Waals surface area (Å²) in [6.07, 6.45) is 0.791. The lowest BCUT2D eigenvalue weighted by Crippen LogP contribution is -2.23. The van der Waals surface area contributed by atoms with E-state index in [0.29, 0.717) is 5.52 Å². The molecule has 74 valence electrons. The molecule has 0 unspecified atom stereocenters. The number of hydrogen-bond acceptors (Lipinski definition) is 3. The fraction of sp³-hybridized carbons (Fsp3) is 0.375. The van der Waals surface area contributed by atoms with Crippen LogP contribution in [0.25, 0.3) is 11.2 Å². The first kappa shape index (κ1) is 8.86. The number of hydrogen-bond donors (Lipinski definition) is 1. The van der Waals surface area contributed by atoms with E-state index in [-0.39, 0.29) is 11.7 Å². The van der Waals surface area contributed by atoms with Gasteiger partial charge in [-0.15, -0.1) is 0 Å². The van der Waals surface area contributed by atoms with E-state index >= 15 is 0 Å². The van der Waals surface area contributed by atoms with Gasteiger partial charge in [-0.2, -0.15) is 14.4 Å². The van der Waals surface area contributed by atoms with Crippen LogP contribution in [-0.4, -0.2) is 19.5 Å². The first-order valence-electron chi connectivity index (χ1n) is 4.22. The van der Waals surface area contributed by atoms with Crippen LogP contribution in [0.4, 0.5) is 4.39 Å². The van der Waals surface area contributed by atoms with E-state index in [0.717, 1.165) is 0 Å². The summed E-state index contributed by atoms with van der Waals surface area (Å²) in [5.74, 6) is 0. The summed E-state index contributed by atoms with van der Waals surface area (Å²) in [5, 5.41) is 0. The molecular weight excluding hydrogens is 187 g/mol. The topological polar surface area (TPSA) is 63.6 Å². The molecule has 2 heterocycles. The van der Waals surface area contributed by atoms with Crippen LogP contribution in [0.5, 0.6) is 0 Å². The molecule has 14 heavy (non-hydrogen) atoms. The van der Waals surface area contributed by atoms with Gasteiger partial charge in [0.15, 0.2) is 5.65 Å². The molecule has 0 bridgehead atoms. The molecule has 6 heteroatoms. The molecule has 0 aliphatic carbocycles. The van der Waals surface area contributed by atoms with Crippen LogP contribution in [0.1, 0.15) is 19.9 Å². The normalized spacial score (nSPS) is 11.4. The van der Waals surface area contributed by atoms with Crippen LogP contribution in [-0.2, 0) is 0 Å².